The Hall–Kier alpha value is -2.38. The van der Waals surface area contributed by atoms with Gasteiger partial charge in [-0.05, 0) is 20.8 Å². The number of carbonyl (C=O) groups is 3. The second kappa shape index (κ2) is 5.98. The Morgan fingerprint density at radius 3 is 2.37 bits per heavy atom. The third-order valence-corrected chi connectivity index (χ3v) is 2.13. The van der Waals surface area contributed by atoms with Gasteiger partial charge in [0.1, 0.15) is 6.04 Å². The predicted octanol–water partition coefficient (Wildman–Crippen LogP) is 0.0157. The molecule has 1 heterocycles. The largest absolute Gasteiger partial charge is 0.475 e. The van der Waals surface area contributed by atoms with Crippen LogP contribution >= 0.6 is 0 Å². The van der Waals surface area contributed by atoms with Crippen LogP contribution in [-0.4, -0.2) is 40.1 Å². The topological polar surface area (TPSA) is 122 Å². The van der Waals surface area contributed by atoms with Gasteiger partial charge in [-0.1, -0.05) is 5.16 Å². The first-order chi connectivity index (χ1) is 8.81. The molecular formula is C11H15N3O5. The van der Waals surface area contributed by atoms with Crippen LogP contribution in [0.4, 0.5) is 0 Å². The van der Waals surface area contributed by atoms with E-state index in [1.165, 1.54) is 6.92 Å². The molecule has 0 bridgehead atoms. The molecule has 0 fully saturated rings. The molecule has 0 saturated heterocycles. The van der Waals surface area contributed by atoms with Crippen LogP contribution in [0.5, 0.6) is 0 Å². The summed E-state index contributed by atoms with van der Waals surface area (Å²) in [7, 11) is 0. The van der Waals surface area contributed by atoms with Crippen molar-refractivity contribution >= 4 is 17.8 Å². The van der Waals surface area contributed by atoms with E-state index >= 15 is 0 Å². The number of nitrogens with one attached hydrogen (secondary N) is 2. The summed E-state index contributed by atoms with van der Waals surface area (Å²) >= 11 is 0. The van der Waals surface area contributed by atoms with Crippen molar-refractivity contribution in [3.8, 4) is 0 Å². The summed E-state index contributed by atoms with van der Waals surface area (Å²) in [5.74, 6) is -2.78. The molecule has 1 aromatic rings. The Kier molecular flexibility index (Phi) is 4.62. The molecule has 0 aliphatic rings. The summed E-state index contributed by atoms with van der Waals surface area (Å²) in [5.41, 5.74) is -0.193. The Bertz CT molecular complexity index is 494. The first-order valence-electron chi connectivity index (χ1n) is 5.62. The fourth-order valence-electron chi connectivity index (χ4n) is 1.23. The minimum Gasteiger partial charge on any atom is -0.475 e. The lowest BCUT2D eigenvalue weighted by atomic mass is 10.2. The van der Waals surface area contributed by atoms with Crippen LogP contribution in [0.25, 0.3) is 0 Å². The Labute approximate surface area is 109 Å². The van der Waals surface area contributed by atoms with E-state index in [0.29, 0.717) is 0 Å². The molecule has 2 amide bonds. The number of rotatable bonds is 5. The average Bonchev–Trinajstić information content (AvgIpc) is 2.77. The minimum absolute atomic E-state index is 0.0440. The number of aromatic carboxylic acids is 1. The molecule has 0 aromatic carbocycles. The van der Waals surface area contributed by atoms with Crippen molar-refractivity contribution in [3.05, 3.63) is 17.5 Å². The number of carbonyl (C=O) groups excluding carboxylic acids is 2. The van der Waals surface area contributed by atoms with E-state index in [-0.39, 0.29) is 17.6 Å². The molecule has 1 rings (SSSR count). The van der Waals surface area contributed by atoms with E-state index < -0.39 is 23.7 Å². The van der Waals surface area contributed by atoms with Crippen LogP contribution < -0.4 is 10.6 Å². The monoisotopic (exact) mass is 269 g/mol. The van der Waals surface area contributed by atoms with Crippen molar-refractivity contribution < 1.29 is 24.0 Å². The van der Waals surface area contributed by atoms with Gasteiger partial charge in [-0.2, -0.15) is 0 Å². The van der Waals surface area contributed by atoms with Gasteiger partial charge in [-0.25, -0.2) is 4.79 Å². The lowest BCUT2D eigenvalue weighted by Gasteiger charge is -2.15. The predicted molar refractivity (Wildman–Crippen MR) is 63.7 cm³/mol. The fraction of sp³-hybridized carbons (Fsp3) is 0.455. The van der Waals surface area contributed by atoms with E-state index in [4.69, 9.17) is 5.11 Å². The SMILES string of the molecule is CC(C)NC(=O)C(C)NC(=O)c1cc(C(=O)O)on1. The Morgan fingerprint density at radius 2 is 1.89 bits per heavy atom. The van der Waals surface area contributed by atoms with E-state index in [0.717, 1.165) is 6.07 Å². The molecular weight excluding hydrogens is 254 g/mol. The molecule has 1 atom stereocenters. The summed E-state index contributed by atoms with van der Waals surface area (Å²) in [6.45, 7) is 5.10. The highest BCUT2D eigenvalue weighted by Gasteiger charge is 2.21. The molecule has 0 radical (unpaired) electrons. The van der Waals surface area contributed by atoms with Crippen molar-refractivity contribution in [1.29, 1.82) is 0 Å². The van der Waals surface area contributed by atoms with Gasteiger partial charge in [0.05, 0.1) is 0 Å². The van der Waals surface area contributed by atoms with Gasteiger partial charge in [0.15, 0.2) is 5.69 Å². The number of carboxylic acid groups (broad SMARTS) is 1. The smallest absolute Gasteiger partial charge is 0.374 e. The zero-order valence-electron chi connectivity index (χ0n) is 10.8. The second-order valence-corrected chi connectivity index (χ2v) is 4.24. The van der Waals surface area contributed by atoms with Crippen molar-refractivity contribution in [3.63, 3.8) is 0 Å². The minimum atomic E-state index is -1.32. The number of carboxylic acids is 1. The third kappa shape index (κ3) is 4.09. The Morgan fingerprint density at radius 1 is 1.26 bits per heavy atom. The van der Waals surface area contributed by atoms with Crippen LogP contribution in [-0.2, 0) is 4.79 Å². The highest BCUT2D eigenvalue weighted by atomic mass is 16.5. The number of aromatic nitrogens is 1. The zero-order chi connectivity index (χ0) is 14.6. The average molecular weight is 269 g/mol. The quantitative estimate of drug-likeness (QED) is 0.692. The number of amides is 2. The molecule has 0 aliphatic carbocycles. The molecule has 0 saturated carbocycles. The van der Waals surface area contributed by atoms with Gasteiger partial charge in [0.25, 0.3) is 5.91 Å². The maximum Gasteiger partial charge on any atom is 0.374 e. The molecule has 3 N–H and O–H groups in total. The maximum absolute atomic E-state index is 11.7. The van der Waals surface area contributed by atoms with Gasteiger partial charge >= 0.3 is 5.97 Å². The lowest BCUT2D eigenvalue weighted by molar-refractivity contribution is -0.123. The van der Waals surface area contributed by atoms with Crippen LogP contribution in [0.2, 0.25) is 0 Å². The van der Waals surface area contributed by atoms with Crippen molar-refractivity contribution in [1.82, 2.24) is 15.8 Å². The molecule has 0 aliphatic heterocycles. The molecule has 8 nitrogen and oxygen atoms in total. The fourth-order valence-corrected chi connectivity index (χ4v) is 1.23. The Balaban J connectivity index is 2.63. The summed E-state index contributed by atoms with van der Waals surface area (Å²) < 4.78 is 4.44. The number of hydrogen-bond donors (Lipinski definition) is 3. The summed E-state index contributed by atoms with van der Waals surface area (Å²) in [6, 6.07) is 0.183. The van der Waals surface area contributed by atoms with E-state index in [1.54, 1.807) is 13.8 Å². The molecule has 1 aromatic heterocycles. The van der Waals surface area contributed by atoms with E-state index in [9.17, 15) is 14.4 Å². The van der Waals surface area contributed by atoms with Gasteiger partial charge in [-0.3, -0.25) is 9.59 Å². The van der Waals surface area contributed by atoms with Crippen LogP contribution in [0.1, 0.15) is 41.8 Å². The first-order valence-corrected chi connectivity index (χ1v) is 5.62. The van der Waals surface area contributed by atoms with Gasteiger partial charge in [-0.15, -0.1) is 0 Å². The summed E-state index contributed by atoms with van der Waals surface area (Å²) in [4.78, 5) is 33.8. The second-order valence-electron chi connectivity index (χ2n) is 4.24. The first kappa shape index (κ1) is 14.7. The normalized spacial score (nSPS) is 12.0. The summed E-state index contributed by atoms with van der Waals surface area (Å²) in [6.07, 6.45) is 0. The zero-order valence-corrected chi connectivity index (χ0v) is 10.8. The summed E-state index contributed by atoms with van der Waals surface area (Å²) in [5, 5.41) is 16.9. The van der Waals surface area contributed by atoms with Crippen molar-refractivity contribution in [2.75, 3.05) is 0 Å². The highest BCUT2D eigenvalue weighted by molar-refractivity contribution is 5.97. The van der Waals surface area contributed by atoms with Gasteiger partial charge in [0.2, 0.25) is 11.7 Å². The molecule has 104 valence electrons. The van der Waals surface area contributed by atoms with Crippen LogP contribution in [0.15, 0.2) is 10.6 Å². The molecule has 0 spiro atoms. The maximum atomic E-state index is 11.7. The molecule has 8 heteroatoms. The van der Waals surface area contributed by atoms with Crippen molar-refractivity contribution in [2.45, 2.75) is 32.9 Å². The number of nitrogens with zero attached hydrogens (tertiary/aromatic N) is 1. The van der Waals surface area contributed by atoms with Gasteiger partial charge < -0.3 is 20.3 Å². The third-order valence-electron chi connectivity index (χ3n) is 2.13. The van der Waals surface area contributed by atoms with E-state index in [1.807, 2.05) is 0 Å². The number of hydrogen-bond acceptors (Lipinski definition) is 5. The van der Waals surface area contributed by atoms with Crippen LogP contribution in [0.3, 0.4) is 0 Å². The highest BCUT2D eigenvalue weighted by Crippen LogP contribution is 2.03. The van der Waals surface area contributed by atoms with Gasteiger partial charge in [0, 0.05) is 12.1 Å². The molecule has 19 heavy (non-hydrogen) atoms. The van der Waals surface area contributed by atoms with Crippen molar-refractivity contribution in [2.24, 2.45) is 0 Å². The lowest BCUT2D eigenvalue weighted by Crippen LogP contribution is -2.46. The standard InChI is InChI=1S/C11H15N3O5/c1-5(2)12-9(15)6(3)13-10(16)7-4-8(11(17)18)19-14-7/h4-6H,1-3H3,(H,12,15)(H,13,16)(H,17,18). The molecule has 1 unspecified atom stereocenters. The van der Waals surface area contributed by atoms with E-state index in [2.05, 4.69) is 20.3 Å². The van der Waals surface area contributed by atoms with Crippen LogP contribution in [0, 0.1) is 0 Å².